The van der Waals surface area contributed by atoms with Crippen LogP contribution in [0.1, 0.15) is 0 Å². The zero-order valence-corrected chi connectivity index (χ0v) is 10.8. The van der Waals surface area contributed by atoms with Crippen molar-refractivity contribution < 1.29 is 9.53 Å². The van der Waals surface area contributed by atoms with E-state index in [-0.39, 0.29) is 6.03 Å². The van der Waals surface area contributed by atoms with Crippen molar-refractivity contribution >= 4 is 17.4 Å². The molecule has 1 N–H and O–H groups in total. The van der Waals surface area contributed by atoms with Gasteiger partial charge in [0.2, 0.25) is 0 Å². The number of anilines is 2. The standard InChI is InChI=1S/C13H19N3O2/c1-15(2)12-5-3-4-11(10-12)14-13(17)16-6-8-18-9-7-16/h3-5,10H,6-9H2,1-2H3,(H,14,17). The van der Waals surface area contributed by atoms with Gasteiger partial charge in [0.1, 0.15) is 0 Å². The second kappa shape index (κ2) is 5.73. The van der Waals surface area contributed by atoms with Crippen LogP contribution in [0.15, 0.2) is 24.3 Å². The normalized spacial score (nSPS) is 15.3. The van der Waals surface area contributed by atoms with Crippen LogP contribution >= 0.6 is 0 Å². The molecule has 2 amide bonds. The predicted octanol–water partition coefficient (Wildman–Crippen LogP) is 1.62. The molecule has 1 saturated heterocycles. The topological polar surface area (TPSA) is 44.8 Å². The van der Waals surface area contributed by atoms with Crippen LogP contribution in [-0.2, 0) is 4.74 Å². The molecule has 0 radical (unpaired) electrons. The maximum atomic E-state index is 12.0. The van der Waals surface area contributed by atoms with E-state index in [1.807, 2.05) is 43.3 Å². The number of carbonyl (C=O) groups excluding carboxylic acids is 1. The fourth-order valence-electron chi connectivity index (χ4n) is 1.83. The highest BCUT2D eigenvalue weighted by atomic mass is 16.5. The first-order valence-electron chi connectivity index (χ1n) is 6.08. The number of rotatable bonds is 2. The minimum absolute atomic E-state index is 0.0609. The van der Waals surface area contributed by atoms with Crippen molar-refractivity contribution in [2.24, 2.45) is 0 Å². The molecule has 0 bridgehead atoms. The molecule has 2 rings (SSSR count). The summed E-state index contributed by atoms with van der Waals surface area (Å²) in [6.45, 7) is 2.54. The van der Waals surface area contributed by atoms with Gasteiger partial charge < -0.3 is 19.9 Å². The van der Waals surface area contributed by atoms with Gasteiger partial charge in [-0.25, -0.2) is 4.79 Å². The number of morpholine rings is 1. The average molecular weight is 249 g/mol. The molecule has 5 heteroatoms. The molecule has 18 heavy (non-hydrogen) atoms. The first-order chi connectivity index (χ1) is 8.66. The molecule has 0 saturated carbocycles. The molecule has 1 aromatic carbocycles. The Morgan fingerprint density at radius 3 is 2.72 bits per heavy atom. The summed E-state index contributed by atoms with van der Waals surface area (Å²) >= 11 is 0. The SMILES string of the molecule is CN(C)c1cccc(NC(=O)N2CCOCC2)c1. The van der Waals surface area contributed by atoms with Crippen LogP contribution in [0.25, 0.3) is 0 Å². The second-order valence-electron chi connectivity index (χ2n) is 4.47. The summed E-state index contributed by atoms with van der Waals surface area (Å²) in [5.74, 6) is 0. The lowest BCUT2D eigenvalue weighted by atomic mass is 10.2. The molecule has 1 fully saturated rings. The maximum absolute atomic E-state index is 12.0. The van der Waals surface area contributed by atoms with Gasteiger partial charge in [-0.3, -0.25) is 0 Å². The molecule has 0 atom stereocenters. The van der Waals surface area contributed by atoms with E-state index < -0.39 is 0 Å². The monoisotopic (exact) mass is 249 g/mol. The third kappa shape index (κ3) is 3.13. The average Bonchev–Trinajstić information content (AvgIpc) is 2.40. The molecular formula is C13H19N3O2. The van der Waals surface area contributed by atoms with Gasteiger partial charge in [0.15, 0.2) is 0 Å². The summed E-state index contributed by atoms with van der Waals surface area (Å²) in [5, 5.41) is 2.91. The van der Waals surface area contributed by atoms with Crippen molar-refractivity contribution in [3.8, 4) is 0 Å². The van der Waals surface area contributed by atoms with Crippen molar-refractivity contribution in [2.45, 2.75) is 0 Å². The summed E-state index contributed by atoms with van der Waals surface area (Å²) in [7, 11) is 3.95. The Balaban J connectivity index is 1.99. The van der Waals surface area contributed by atoms with E-state index in [2.05, 4.69) is 5.32 Å². The van der Waals surface area contributed by atoms with Crippen LogP contribution in [0.2, 0.25) is 0 Å². The number of hydrogen-bond donors (Lipinski definition) is 1. The first kappa shape index (κ1) is 12.7. The van der Waals surface area contributed by atoms with E-state index >= 15 is 0 Å². The predicted molar refractivity (Wildman–Crippen MR) is 72.2 cm³/mol. The highest BCUT2D eigenvalue weighted by molar-refractivity contribution is 5.90. The van der Waals surface area contributed by atoms with Gasteiger partial charge in [0.25, 0.3) is 0 Å². The van der Waals surface area contributed by atoms with Crippen molar-refractivity contribution in [1.82, 2.24) is 4.90 Å². The molecule has 98 valence electrons. The minimum Gasteiger partial charge on any atom is -0.378 e. The Bertz CT molecular complexity index is 414. The lowest BCUT2D eigenvalue weighted by molar-refractivity contribution is 0.0564. The van der Waals surface area contributed by atoms with Crippen LogP contribution < -0.4 is 10.2 Å². The zero-order chi connectivity index (χ0) is 13.0. The maximum Gasteiger partial charge on any atom is 0.322 e. The molecular weight excluding hydrogens is 230 g/mol. The molecule has 5 nitrogen and oxygen atoms in total. The smallest absolute Gasteiger partial charge is 0.322 e. The Labute approximate surface area is 107 Å². The Morgan fingerprint density at radius 2 is 2.06 bits per heavy atom. The van der Waals surface area contributed by atoms with Crippen molar-refractivity contribution in [3.05, 3.63) is 24.3 Å². The number of urea groups is 1. The minimum atomic E-state index is -0.0609. The van der Waals surface area contributed by atoms with E-state index in [1.54, 1.807) is 4.90 Å². The molecule has 0 aromatic heterocycles. The molecule has 0 unspecified atom stereocenters. The van der Waals surface area contributed by atoms with Gasteiger partial charge in [-0.05, 0) is 18.2 Å². The highest BCUT2D eigenvalue weighted by Crippen LogP contribution is 2.17. The van der Waals surface area contributed by atoms with Crippen molar-refractivity contribution in [2.75, 3.05) is 50.6 Å². The first-order valence-corrected chi connectivity index (χ1v) is 6.08. The van der Waals surface area contributed by atoms with Gasteiger partial charge in [0.05, 0.1) is 13.2 Å². The largest absolute Gasteiger partial charge is 0.378 e. The van der Waals surface area contributed by atoms with Gasteiger partial charge in [-0.15, -0.1) is 0 Å². The summed E-state index contributed by atoms with van der Waals surface area (Å²) in [5.41, 5.74) is 1.88. The fourth-order valence-corrected chi connectivity index (χ4v) is 1.83. The molecule has 1 heterocycles. The van der Waals surface area contributed by atoms with E-state index in [1.165, 1.54) is 0 Å². The summed E-state index contributed by atoms with van der Waals surface area (Å²) in [4.78, 5) is 15.8. The summed E-state index contributed by atoms with van der Waals surface area (Å²) in [6, 6.07) is 7.73. The molecule has 0 spiro atoms. The Kier molecular flexibility index (Phi) is 4.04. The van der Waals surface area contributed by atoms with Crippen LogP contribution in [0.5, 0.6) is 0 Å². The molecule has 1 aliphatic heterocycles. The number of amides is 2. The third-order valence-electron chi connectivity index (χ3n) is 2.91. The van der Waals surface area contributed by atoms with Gasteiger partial charge >= 0.3 is 6.03 Å². The zero-order valence-electron chi connectivity index (χ0n) is 10.8. The number of benzene rings is 1. The van der Waals surface area contributed by atoms with Gasteiger partial charge in [0, 0.05) is 38.6 Å². The number of nitrogens with one attached hydrogen (secondary N) is 1. The number of carbonyl (C=O) groups is 1. The van der Waals surface area contributed by atoms with Crippen LogP contribution in [0, 0.1) is 0 Å². The third-order valence-corrected chi connectivity index (χ3v) is 2.91. The molecule has 0 aliphatic carbocycles. The lowest BCUT2D eigenvalue weighted by Gasteiger charge is -2.27. The van der Waals surface area contributed by atoms with Crippen LogP contribution in [0.4, 0.5) is 16.2 Å². The van der Waals surface area contributed by atoms with E-state index in [0.717, 1.165) is 11.4 Å². The van der Waals surface area contributed by atoms with Crippen molar-refractivity contribution in [1.29, 1.82) is 0 Å². The molecule has 1 aliphatic rings. The van der Waals surface area contributed by atoms with E-state index in [4.69, 9.17) is 4.74 Å². The lowest BCUT2D eigenvalue weighted by Crippen LogP contribution is -2.43. The summed E-state index contributed by atoms with van der Waals surface area (Å²) < 4.78 is 5.22. The van der Waals surface area contributed by atoms with Crippen molar-refractivity contribution in [3.63, 3.8) is 0 Å². The molecule has 1 aromatic rings. The number of hydrogen-bond acceptors (Lipinski definition) is 3. The highest BCUT2D eigenvalue weighted by Gasteiger charge is 2.16. The number of nitrogens with zero attached hydrogens (tertiary/aromatic N) is 2. The second-order valence-corrected chi connectivity index (χ2v) is 4.47. The Hall–Kier alpha value is -1.75. The summed E-state index contributed by atoms with van der Waals surface area (Å²) in [6.07, 6.45) is 0. The van der Waals surface area contributed by atoms with E-state index in [9.17, 15) is 4.79 Å². The quantitative estimate of drug-likeness (QED) is 0.866. The number of ether oxygens (including phenoxy) is 1. The van der Waals surface area contributed by atoms with E-state index in [0.29, 0.717) is 26.3 Å². The Morgan fingerprint density at radius 1 is 1.33 bits per heavy atom. The fraction of sp³-hybridized carbons (Fsp3) is 0.462. The van der Waals surface area contributed by atoms with Crippen LogP contribution in [0.3, 0.4) is 0 Å². The van der Waals surface area contributed by atoms with Gasteiger partial charge in [-0.2, -0.15) is 0 Å². The van der Waals surface area contributed by atoms with Gasteiger partial charge in [-0.1, -0.05) is 6.07 Å². The van der Waals surface area contributed by atoms with Crippen LogP contribution in [-0.4, -0.2) is 51.3 Å².